The van der Waals surface area contributed by atoms with Crippen molar-refractivity contribution in [2.45, 2.75) is 32.7 Å². The Morgan fingerprint density at radius 1 is 1.10 bits per heavy atom. The molecule has 3 rings (SSSR count). The van der Waals surface area contributed by atoms with E-state index < -0.39 is 10.9 Å². The van der Waals surface area contributed by atoms with Gasteiger partial charge in [-0.15, -0.1) is 0 Å². The zero-order valence-corrected chi connectivity index (χ0v) is 17.4. The monoisotopic (exact) mass is 411 g/mol. The van der Waals surface area contributed by atoms with Crippen LogP contribution >= 0.6 is 0 Å². The van der Waals surface area contributed by atoms with E-state index in [1.54, 1.807) is 20.2 Å². The highest BCUT2D eigenvalue weighted by Gasteiger charge is 2.26. The first kappa shape index (κ1) is 21.2. The molecule has 0 spiro atoms. The molecule has 1 aromatic heterocycles. The number of amides is 1. The Bertz CT molecular complexity index is 1140. The fourth-order valence-electron chi connectivity index (χ4n) is 3.16. The molecule has 1 amide bonds. The predicted octanol–water partition coefficient (Wildman–Crippen LogP) is 3.15. The summed E-state index contributed by atoms with van der Waals surface area (Å²) in [5, 5.41) is 16.4. The second-order valence-electron chi connectivity index (χ2n) is 7.20. The van der Waals surface area contributed by atoms with Crippen LogP contribution < -0.4 is 21.5 Å². The molecule has 2 aromatic carbocycles. The molecule has 3 aromatic rings. The third-order valence-corrected chi connectivity index (χ3v) is 4.94. The van der Waals surface area contributed by atoms with Gasteiger partial charge in [-0.25, -0.2) is 0 Å². The topological polar surface area (TPSA) is 112 Å². The molecule has 3 N–H and O–H groups in total. The molecule has 158 valence electrons. The molecule has 0 aliphatic carbocycles. The smallest absolute Gasteiger partial charge is 0.257 e. The lowest BCUT2D eigenvalue weighted by molar-refractivity contribution is 0.0824. The van der Waals surface area contributed by atoms with Crippen molar-refractivity contribution in [2.24, 2.45) is 0 Å². The molecule has 30 heavy (non-hydrogen) atoms. The molecule has 0 aliphatic rings. The molecule has 0 saturated heterocycles. The molecule has 1 unspecified atom stereocenters. The van der Waals surface area contributed by atoms with Gasteiger partial charge in [-0.05, 0) is 30.7 Å². The Hall–Kier alpha value is -3.55. The van der Waals surface area contributed by atoms with Crippen molar-refractivity contribution in [3.63, 3.8) is 0 Å². The van der Waals surface area contributed by atoms with Crippen LogP contribution in [-0.2, 0) is 6.42 Å². The highest BCUT2D eigenvalue weighted by atomic mass is 16.3. The lowest BCUT2D eigenvalue weighted by atomic mass is 10.1. The van der Waals surface area contributed by atoms with Crippen molar-refractivity contribution in [3.05, 3.63) is 67.9 Å². The van der Waals surface area contributed by atoms with Crippen LogP contribution in [0.25, 0.3) is 0 Å². The first-order valence-corrected chi connectivity index (χ1v) is 9.77. The maximum Gasteiger partial charge on any atom is 0.257 e. The number of phenols is 1. The fourth-order valence-corrected chi connectivity index (χ4v) is 3.16. The van der Waals surface area contributed by atoms with Crippen molar-refractivity contribution >= 4 is 23.0 Å². The van der Waals surface area contributed by atoms with Crippen LogP contribution in [0.1, 0.15) is 48.2 Å². The van der Waals surface area contributed by atoms with Gasteiger partial charge in [-0.2, -0.15) is 0 Å². The van der Waals surface area contributed by atoms with E-state index in [0.29, 0.717) is 12.2 Å². The van der Waals surface area contributed by atoms with Gasteiger partial charge in [0.2, 0.25) is 0 Å². The molecule has 0 fully saturated rings. The van der Waals surface area contributed by atoms with E-state index in [2.05, 4.69) is 10.6 Å². The fraction of sp³-hybridized carbons (Fsp3) is 0.318. The quantitative estimate of drug-likeness (QED) is 0.386. The second-order valence-corrected chi connectivity index (χ2v) is 7.20. The van der Waals surface area contributed by atoms with Crippen LogP contribution in [0.15, 0.2) is 44.3 Å². The normalized spacial score (nSPS) is 12.0. The third kappa shape index (κ3) is 3.80. The molecular weight excluding hydrogens is 386 g/mol. The van der Waals surface area contributed by atoms with Crippen molar-refractivity contribution < 1.29 is 14.3 Å². The molecule has 0 radical (unpaired) electrons. The molecular formula is C22H25N3O5. The number of para-hydroxylation sites is 1. The maximum atomic E-state index is 12.2. The van der Waals surface area contributed by atoms with E-state index in [-0.39, 0.29) is 40.3 Å². The number of nitrogens with zero attached hydrogens (tertiary/aromatic N) is 1. The minimum absolute atomic E-state index is 0.0467. The number of anilines is 3. The number of benzene rings is 1. The molecule has 0 saturated carbocycles. The van der Waals surface area contributed by atoms with Crippen LogP contribution in [0, 0.1) is 0 Å². The molecule has 8 nitrogen and oxygen atoms in total. The number of nitrogens with one attached hydrogen (secondary N) is 2. The summed E-state index contributed by atoms with van der Waals surface area (Å²) in [4.78, 5) is 37.9. The standard InChI is InChI=1S/C22H25N3O5/c1-5-12-10-11-16(30-12)14(6-2)23-17-18(21(28)20(17)27)24-15-9-7-8-13(19(15)26)22(29)25(3)4/h7-11,14,23-24,26H,5-6H2,1-4H3. The van der Waals surface area contributed by atoms with E-state index >= 15 is 0 Å². The number of carbonyl (C=O) groups is 1. The van der Waals surface area contributed by atoms with Gasteiger partial charge in [0.1, 0.15) is 22.9 Å². The number of aryl methyl sites for hydroxylation is 1. The number of hydrogen-bond donors (Lipinski definition) is 3. The zero-order valence-electron chi connectivity index (χ0n) is 17.4. The van der Waals surface area contributed by atoms with Gasteiger partial charge in [-0.3, -0.25) is 14.4 Å². The summed E-state index contributed by atoms with van der Waals surface area (Å²) in [7, 11) is 3.15. The Kier molecular flexibility index (Phi) is 5.96. The summed E-state index contributed by atoms with van der Waals surface area (Å²) in [6.45, 7) is 3.92. The Morgan fingerprint density at radius 2 is 1.80 bits per heavy atom. The van der Waals surface area contributed by atoms with Gasteiger partial charge in [0.15, 0.2) is 5.75 Å². The third-order valence-electron chi connectivity index (χ3n) is 4.94. The zero-order chi connectivity index (χ0) is 22.0. The van der Waals surface area contributed by atoms with Crippen molar-refractivity contribution in [1.29, 1.82) is 0 Å². The summed E-state index contributed by atoms with van der Waals surface area (Å²) in [6.07, 6.45) is 1.39. The summed E-state index contributed by atoms with van der Waals surface area (Å²) in [5.41, 5.74) is -0.900. The van der Waals surface area contributed by atoms with Gasteiger partial charge in [0.25, 0.3) is 16.8 Å². The molecule has 0 aliphatic heterocycles. The summed E-state index contributed by atoms with van der Waals surface area (Å²) < 4.78 is 5.77. The summed E-state index contributed by atoms with van der Waals surface area (Å²) in [6, 6.07) is 8.04. The Balaban J connectivity index is 1.89. The van der Waals surface area contributed by atoms with Gasteiger partial charge in [0.05, 0.1) is 17.3 Å². The summed E-state index contributed by atoms with van der Waals surface area (Å²) in [5.74, 6) is 0.839. The van der Waals surface area contributed by atoms with E-state index in [9.17, 15) is 19.5 Å². The SMILES string of the molecule is CCc1ccc(C(CC)Nc2c(Nc3cccc(C(=O)N(C)C)c3O)c(=O)c2=O)o1. The van der Waals surface area contributed by atoms with Gasteiger partial charge < -0.3 is 25.1 Å². The van der Waals surface area contributed by atoms with E-state index in [1.807, 2.05) is 26.0 Å². The number of hydrogen-bond acceptors (Lipinski definition) is 7. The van der Waals surface area contributed by atoms with Crippen LogP contribution in [-0.4, -0.2) is 30.0 Å². The number of phenolic OH excluding ortho intramolecular Hbond substituents is 1. The molecule has 8 heteroatoms. The minimum atomic E-state index is -0.690. The first-order valence-electron chi connectivity index (χ1n) is 9.77. The predicted molar refractivity (Wildman–Crippen MR) is 116 cm³/mol. The molecule has 1 heterocycles. The van der Waals surface area contributed by atoms with Crippen molar-refractivity contribution in [1.82, 2.24) is 4.90 Å². The second kappa shape index (κ2) is 8.44. The molecule has 1 atom stereocenters. The average molecular weight is 411 g/mol. The average Bonchev–Trinajstić information content (AvgIpc) is 3.22. The highest BCUT2D eigenvalue weighted by Crippen LogP contribution is 2.33. The van der Waals surface area contributed by atoms with Gasteiger partial charge in [-0.1, -0.05) is 19.9 Å². The Labute approximate surface area is 173 Å². The van der Waals surface area contributed by atoms with Gasteiger partial charge >= 0.3 is 0 Å². The van der Waals surface area contributed by atoms with E-state index in [0.717, 1.165) is 12.2 Å². The largest absolute Gasteiger partial charge is 0.505 e. The molecule has 0 bridgehead atoms. The van der Waals surface area contributed by atoms with Crippen LogP contribution in [0.2, 0.25) is 0 Å². The van der Waals surface area contributed by atoms with E-state index in [4.69, 9.17) is 4.42 Å². The number of carbonyl (C=O) groups excluding carboxylic acids is 1. The van der Waals surface area contributed by atoms with Crippen molar-refractivity contribution in [2.75, 3.05) is 24.7 Å². The highest BCUT2D eigenvalue weighted by molar-refractivity contribution is 5.99. The summed E-state index contributed by atoms with van der Waals surface area (Å²) >= 11 is 0. The minimum Gasteiger partial charge on any atom is -0.505 e. The lowest BCUT2D eigenvalue weighted by Gasteiger charge is -2.21. The number of rotatable bonds is 8. The first-order chi connectivity index (χ1) is 14.3. The Morgan fingerprint density at radius 3 is 2.40 bits per heavy atom. The maximum absolute atomic E-state index is 12.2. The van der Waals surface area contributed by atoms with E-state index in [1.165, 1.54) is 17.0 Å². The van der Waals surface area contributed by atoms with Crippen molar-refractivity contribution in [3.8, 4) is 5.75 Å². The van der Waals surface area contributed by atoms with Gasteiger partial charge in [0, 0.05) is 20.5 Å². The number of aromatic hydroxyl groups is 1. The lowest BCUT2D eigenvalue weighted by Crippen LogP contribution is -2.37. The van der Waals surface area contributed by atoms with Crippen LogP contribution in [0.5, 0.6) is 5.75 Å². The van der Waals surface area contributed by atoms with Crippen LogP contribution in [0.4, 0.5) is 17.1 Å². The van der Waals surface area contributed by atoms with Crippen LogP contribution in [0.3, 0.4) is 0 Å². The number of furan rings is 1.